The van der Waals surface area contributed by atoms with Gasteiger partial charge in [0, 0.05) is 25.3 Å². The molecule has 1 saturated heterocycles. The smallest absolute Gasteiger partial charge is 0.357 e. The van der Waals surface area contributed by atoms with Gasteiger partial charge in [-0.05, 0) is 37.5 Å². The van der Waals surface area contributed by atoms with E-state index in [-0.39, 0.29) is 18.9 Å². The summed E-state index contributed by atoms with van der Waals surface area (Å²) in [6.07, 6.45) is -2.15. The van der Waals surface area contributed by atoms with Gasteiger partial charge in [0.05, 0.1) is 5.92 Å². The maximum Gasteiger partial charge on any atom is 0.391 e. The number of nitrogens with zero attached hydrogens (tertiary/aromatic N) is 2. The van der Waals surface area contributed by atoms with Gasteiger partial charge in [-0.2, -0.15) is 13.2 Å². The highest BCUT2D eigenvalue weighted by Gasteiger charge is 2.41. The summed E-state index contributed by atoms with van der Waals surface area (Å²) in [4.78, 5) is 6.12. The Morgan fingerprint density at radius 3 is 2.53 bits per heavy atom. The van der Waals surface area contributed by atoms with Crippen LogP contribution in [0, 0.1) is 5.92 Å². The summed E-state index contributed by atoms with van der Waals surface area (Å²) in [5, 5.41) is 0. The molecule has 19 heavy (non-hydrogen) atoms. The van der Waals surface area contributed by atoms with Gasteiger partial charge in [0.2, 0.25) is 0 Å². The van der Waals surface area contributed by atoms with Gasteiger partial charge in [0.1, 0.15) is 5.82 Å². The minimum Gasteiger partial charge on any atom is -0.357 e. The van der Waals surface area contributed by atoms with Crippen molar-refractivity contribution < 1.29 is 13.2 Å². The normalized spacial score (nSPS) is 19.5. The third-order valence-electron chi connectivity index (χ3n) is 3.58. The SMILES string of the molecule is C[C@@H](N)c1ccnc(N2CCC(C(F)(F)F)CC2)c1. The van der Waals surface area contributed by atoms with Crippen molar-refractivity contribution in [2.45, 2.75) is 32.0 Å². The Balaban J connectivity index is 2.03. The molecular formula is C13H18F3N3. The van der Waals surface area contributed by atoms with Crippen LogP contribution in [0.2, 0.25) is 0 Å². The molecule has 6 heteroatoms. The average Bonchev–Trinajstić information content (AvgIpc) is 2.38. The standard InChI is InChI=1S/C13H18F3N3/c1-9(17)10-2-5-18-12(8-10)19-6-3-11(4-7-19)13(14,15)16/h2,5,8-9,11H,3-4,6-7,17H2,1H3/t9-/m1/s1. The molecule has 1 atom stereocenters. The van der Waals surface area contributed by atoms with Crippen LogP contribution < -0.4 is 10.6 Å². The van der Waals surface area contributed by atoms with E-state index in [4.69, 9.17) is 5.73 Å². The maximum atomic E-state index is 12.6. The maximum absolute atomic E-state index is 12.6. The van der Waals surface area contributed by atoms with Crippen molar-refractivity contribution in [1.82, 2.24) is 4.98 Å². The first-order valence-electron chi connectivity index (χ1n) is 6.41. The average molecular weight is 273 g/mol. The molecule has 0 spiro atoms. The van der Waals surface area contributed by atoms with Crippen LogP contribution in [0.4, 0.5) is 19.0 Å². The predicted molar refractivity (Wildman–Crippen MR) is 67.8 cm³/mol. The summed E-state index contributed by atoms with van der Waals surface area (Å²) in [6, 6.07) is 3.59. The second kappa shape index (κ2) is 5.36. The van der Waals surface area contributed by atoms with Crippen molar-refractivity contribution in [3.05, 3.63) is 23.9 Å². The van der Waals surface area contributed by atoms with Gasteiger partial charge in [0.15, 0.2) is 0 Å². The van der Waals surface area contributed by atoms with Crippen molar-refractivity contribution >= 4 is 5.82 Å². The van der Waals surface area contributed by atoms with E-state index in [1.807, 2.05) is 24.0 Å². The van der Waals surface area contributed by atoms with Gasteiger partial charge < -0.3 is 10.6 Å². The minimum atomic E-state index is -4.08. The first kappa shape index (κ1) is 14.1. The molecule has 2 N–H and O–H groups in total. The topological polar surface area (TPSA) is 42.1 Å². The first-order chi connectivity index (χ1) is 8.88. The molecule has 1 aliphatic heterocycles. The molecule has 2 rings (SSSR count). The molecular weight excluding hydrogens is 255 g/mol. The van der Waals surface area contributed by atoms with E-state index in [2.05, 4.69) is 4.98 Å². The Kier molecular flexibility index (Phi) is 3.99. The number of halogens is 3. The minimum absolute atomic E-state index is 0.102. The molecule has 3 nitrogen and oxygen atoms in total. The van der Waals surface area contributed by atoms with Crippen molar-refractivity contribution in [2.24, 2.45) is 11.7 Å². The zero-order valence-corrected chi connectivity index (χ0v) is 10.8. The summed E-state index contributed by atoms with van der Waals surface area (Å²) >= 11 is 0. The lowest BCUT2D eigenvalue weighted by Crippen LogP contribution is -2.39. The van der Waals surface area contributed by atoms with E-state index >= 15 is 0 Å². The van der Waals surface area contributed by atoms with Crippen molar-refractivity contribution in [3.8, 4) is 0 Å². The number of hydrogen-bond acceptors (Lipinski definition) is 3. The summed E-state index contributed by atoms with van der Waals surface area (Å²) in [6.45, 7) is 2.65. The van der Waals surface area contributed by atoms with Crippen LogP contribution in [0.1, 0.15) is 31.4 Å². The van der Waals surface area contributed by atoms with Gasteiger partial charge >= 0.3 is 6.18 Å². The molecule has 1 aliphatic rings. The lowest BCUT2D eigenvalue weighted by molar-refractivity contribution is -0.179. The molecule has 106 valence electrons. The Labute approximate surface area is 110 Å². The molecule has 0 aromatic carbocycles. The molecule has 1 aromatic rings. The lowest BCUT2D eigenvalue weighted by atomic mass is 9.96. The van der Waals surface area contributed by atoms with Crippen LogP contribution in [0.3, 0.4) is 0 Å². The van der Waals surface area contributed by atoms with Crippen LogP contribution in [-0.4, -0.2) is 24.2 Å². The van der Waals surface area contributed by atoms with Crippen LogP contribution >= 0.6 is 0 Å². The number of rotatable bonds is 2. The third kappa shape index (κ3) is 3.37. The van der Waals surface area contributed by atoms with Crippen molar-refractivity contribution in [1.29, 1.82) is 0 Å². The van der Waals surface area contributed by atoms with Gasteiger partial charge in [-0.3, -0.25) is 0 Å². The number of piperidine rings is 1. The highest BCUT2D eigenvalue weighted by molar-refractivity contribution is 5.42. The molecule has 1 aromatic heterocycles. The van der Waals surface area contributed by atoms with Crippen LogP contribution in [0.15, 0.2) is 18.3 Å². The Morgan fingerprint density at radius 1 is 1.37 bits per heavy atom. The fourth-order valence-electron chi connectivity index (χ4n) is 2.33. The summed E-state index contributed by atoms with van der Waals surface area (Å²) < 4.78 is 37.8. The summed E-state index contributed by atoms with van der Waals surface area (Å²) in [7, 11) is 0. The van der Waals surface area contributed by atoms with Crippen LogP contribution in [-0.2, 0) is 0 Å². The summed E-state index contributed by atoms with van der Waals surface area (Å²) in [5.41, 5.74) is 6.74. The van der Waals surface area contributed by atoms with E-state index in [1.54, 1.807) is 6.20 Å². The quantitative estimate of drug-likeness (QED) is 0.901. The van der Waals surface area contributed by atoms with Crippen molar-refractivity contribution in [3.63, 3.8) is 0 Å². The van der Waals surface area contributed by atoms with E-state index in [0.29, 0.717) is 13.1 Å². The number of anilines is 1. The van der Waals surface area contributed by atoms with E-state index in [0.717, 1.165) is 11.4 Å². The van der Waals surface area contributed by atoms with Crippen LogP contribution in [0.5, 0.6) is 0 Å². The zero-order valence-electron chi connectivity index (χ0n) is 10.8. The molecule has 0 bridgehead atoms. The second-order valence-corrected chi connectivity index (χ2v) is 5.04. The number of aromatic nitrogens is 1. The summed E-state index contributed by atoms with van der Waals surface area (Å²) in [5.74, 6) is -0.462. The number of hydrogen-bond donors (Lipinski definition) is 1. The molecule has 0 unspecified atom stereocenters. The fraction of sp³-hybridized carbons (Fsp3) is 0.615. The van der Waals surface area contributed by atoms with Crippen molar-refractivity contribution in [2.75, 3.05) is 18.0 Å². The Hall–Kier alpha value is -1.30. The molecule has 0 radical (unpaired) electrons. The van der Waals surface area contributed by atoms with Gasteiger partial charge in [0.25, 0.3) is 0 Å². The number of alkyl halides is 3. The molecule has 0 aliphatic carbocycles. The monoisotopic (exact) mass is 273 g/mol. The Morgan fingerprint density at radius 2 is 2.00 bits per heavy atom. The van der Waals surface area contributed by atoms with Gasteiger partial charge in [-0.25, -0.2) is 4.98 Å². The zero-order chi connectivity index (χ0) is 14.0. The molecule has 0 amide bonds. The first-order valence-corrected chi connectivity index (χ1v) is 6.41. The third-order valence-corrected chi connectivity index (χ3v) is 3.58. The lowest BCUT2D eigenvalue weighted by Gasteiger charge is -2.33. The largest absolute Gasteiger partial charge is 0.391 e. The number of pyridine rings is 1. The molecule has 2 heterocycles. The highest BCUT2D eigenvalue weighted by Crippen LogP contribution is 2.35. The number of nitrogens with two attached hydrogens (primary N) is 1. The van der Waals surface area contributed by atoms with Crippen LogP contribution in [0.25, 0.3) is 0 Å². The Bertz CT molecular complexity index is 423. The van der Waals surface area contributed by atoms with E-state index in [9.17, 15) is 13.2 Å². The van der Waals surface area contributed by atoms with E-state index in [1.165, 1.54) is 0 Å². The molecule has 1 fully saturated rings. The highest BCUT2D eigenvalue weighted by atomic mass is 19.4. The van der Waals surface area contributed by atoms with Gasteiger partial charge in [-0.1, -0.05) is 0 Å². The predicted octanol–water partition coefficient (Wildman–Crippen LogP) is 2.88. The van der Waals surface area contributed by atoms with E-state index < -0.39 is 12.1 Å². The second-order valence-electron chi connectivity index (χ2n) is 5.04. The fourth-order valence-corrected chi connectivity index (χ4v) is 2.33. The molecule has 0 saturated carbocycles. The van der Waals surface area contributed by atoms with Gasteiger partial charge in [-0.15, -0.1) is 0 Å².